The van der Waals surface area contributed by atoms with Gasteiger partial charge in [-0.3, -0.25) is 4.79 Å². The number of nitrogens with zero attached hydrogens (tertiary/aromatic N) is 1. The Labute approximate surface area is 93.8 Å². The highest BCUT2D eigenvalue weighted by Gasteiger charge is 2.14. The molecule has 0 aliphatic heterocycles. The molecule has 2 atom stereocenters. The van der Waals surface area contributed by atoms with Crippen LogP contribution < -0.4 is 0 Å². The molecule has 0 aliphatic carbocycles. The Balaban J connectivity index is 3.92. The van der Waals surface area contributed by atoms with Crippen LogP contribution in [0.3, 0.4) is 0 Å². The molecule has 0 radical (unpaired) electrons. The van der Waals surface area contributed by atoms with E-state index in [1.54, 1.807) is 6.92 Å². The summed E-state index contributed by atoms with van der Waals surface area (Å²) in [5.74, 6) is 0.136. The third-order valence-electron chi connectivity index (χ3n) is 2.84. The van der Waals surface area contributed by atoms with E-state index in [-0.39, 0.29) is 12.0 Å². The van der Waals surface area contributed by atoms with Crippen molar-refractivity contribution in [2.45, 2.75) is 59.6 Å². The first-order valence-electron chi connectivity index (χ1n) is 5.91. The Bertz CT molecular complexity index is 182. The molecule has 0 aliphatic rings. The van der Waals surface area contributed by atoms with Gasteiger partial charge in [0.25, 0.3) is 0 Å². The van der Waals surface area contributed by atoms with Crippen LogP contribution >= 0.6 is 0 Å². The lowest BCUT2D eigenvalue weighted by Crippen LogP contribution is -2.39. The van der Waals surface area contributed by atoms with Gasteiger partial charge in [-0.05, 0) is 26.7 Å². The average molecular weight is 215 g/mol. The Kier molecular flexibility index (Phi) is 7.39. The number of rotatable bonds is 7. The Morgan fingerprint density at radius 3 is 2.27 bits per heavy atom. The number of amides is 1. The van der Waals surface area contributed by atoms with Crippen molar-refractivity contribution in [2.75, 3.05) is 13.2 Å². The van der Waals surface area contributed by atoms with Gasteiger partial charge in [0.1, 0.15) is 0 Å². The third-order valence-corrected chi connectivity index (χ3v) is 2.84. The summed E-state index contributed by atoms with van der Waals surface area (Å²) in [5, 5.41) is 0. The van der Waals surface area contributed by atoms with E-state index in [0.29, 0.717) is 19.2 Å². The molecule has 0 heterocycles. The molecule has 0 aromatic rings. The maximum absolute atomic E-state index is 11.4. The van der Waals surface area contributed by atoms with Gasteiger partial charge in [0.15, 0.2) is 0 Å². The first-order chi connectivity index (χ1) is 7.02. The van der Waals surface area contributed by atoms with Gasteiger partial charge in [-0.2, -0.15) is 0 Å². The molecule has 2 unspecified atom stereocenters. The highest BCUT2D eigenvalue weighted by molar-refractivity contribution is 5.73. The lowest BCUT2D eigenvalue weighted by Gasteiger charge is -2.27. The lowest BCUT2D eigenvalue weighted by atomic mass is 10.2. The van der Waals surface area contributed by atoms with Crippen molar-refractivity contribution in [3.05, 3.63) is 0 Å². The maximum atomic E-state index is 11.4. The molecule has 0 aromatic carbocycles. The zero-order chi connectivity index (χ0) is 11.8. The van der Waals surface area contributed by atoms with Crippen LogP contribution in [0, 0.1) is 0 Å². The summed E-state index contributed by atoms with van der Waals surface area (Å²) < 4.78 is 5.57. The van der Waals surface area contributed by atoms with Crippen molar-refractivity contribution in [1.82, 2.24) is 4.90 Å². The molecule has 0 N–H and O–H groups in total. The number of hydrogen-bond acceptors (Lipinski definition) is 2. The van der Waals surface area contributed by atoms with Crippen LogP contribution in [0.2, 0.25) is 0 Å². The molecule has 0 rings (SSSR count). The van der Waals surface area contributed by atoms with Crippen molar-refractivity contribution >= 4 is 5.91 Å². The van der Waals surface area contributed by atoms with Gasteiger partial charge in [-0.15, -0.1) is 0 Å². The predicted octanol–water partition coefficient (Wildman–Crippen LogP) is 2.45. The minimum Gasteiger partial charge on any atom is -0.377 e. The van der Waals surface area contributed by atoms with Crippen molar-refractivity contribution < 1.29 is 9.53 Å². The SMILES string of the molecule is CCC(C)OCCN(C(C)=O)C(C)CC. The molecular formula is C12H25NO2. The van der Waals surface area contributed by atoms with Gasteiger partial charge in [-0.25, -0.2) is 0 Å². The fraction of sp³-hybridized carbons (Fsp3) is 0.917. The molecule has 0 aromatic heterocycles. The fourth-order valence-electron chi connectivity index (χ4n) is 1.38. The summed E-state index contributed by atoms with van der Waals surface area (Å²) in [6.07, 6.45) is 2.29. The molecular weight excluding hydrogens is 190 g/mol. The van der Waals surface area contributed by atoms with Gasteiger partial charge in [0, 0.05) is 19.5 Å². The van der Waals surface area contributed by atoms with Gasteiger partial charge >= 0.3 is 0 Å². The van der Waals surface area contributed by atoms with Crippen molar-refractivity contribution in [3.8, 4) is 0 Å². The fourth-order valence-corrected chi connectivity index (χ4v) is 1.38. The number of carbonyl (C=O) groups is 1. The first kappa shape index (κ1) is 14.4. The minimum absolute atomic E-state index is 0.136. The van der Waals surface area contributed by atoms with Gasteiger partial charge in [0.2, 0.25) is 5.91 Å². The van der Waals surface area contributed by atoms with E-state index in [0.717, 1.165) is 12.8 Å². The van der Waals surface area contributed by atoms with Gasteiger partial charge in [-0.1, -0.05) is 13.8 Å². The zero-order valence-corrected chi connectivity index (χ0v) is 10.7. The molecule has 0 spiro atoms. The Morgan fingerprint density at radius 1 is 1.27 bits per heavy atom. The molecule has 3 nitrogen and oxygen atoms in total. The maximum Gasteiger partial charge on any atom is 0.219 e. The minimum atomic E-state index is 0.136. The topological polar surface area (TPSA) is 29.5 Å². The van der Waals surface area contributed by atoms with Crippen molar-refractivity contribution in [2.24, 2.45) is 0 Å². The lowest BCUT2D eigenvalue weighted by molar-refractivity contribution is -0.132. The molecule has 90 valence electrons. The highest BCUT2D eigenvalue weighted by Crippen LogP contribution is 2.04. The van der Waals surface area contributed by atoms with Crippen molar-refractivity contribution in [3.63, 3.8) is 0 Å². The van der Waals surface area contributed by atoms with E-state index >= 15 is 0 Å². The van der Waals surface area contributed by atoms with Crippen LogP contribution in [0.25, 0.3) is 0 Å². The zero-order valence-electron chi connectivity index (χ0n) is 10.7. The van der Waals surface area contributed by atoms with Gasteiger partial charge in [0.05, 0.1) is 12.7 Å². The predicted molar refractivity (Wildman–Crippen MR) is 62.8 cm³/mol. The molecule has 0 fully saturated rings. The Morgan fingerprint density at radius 2 is 1.87 bits per heavy atom. The quantitative estimate of drug-likeness (QED) is 0.653. The van der Waals surface area contributed by atoms with E-state index in [4.69, 9.17) is 4.74 Å². The van der Waals surface area contributed by atoms with E-state index < -0.39 is 0 Å². The smallest absolute Gasteiger partial charge is 0.219 e. The Hall–Kier alpha value is -0.570. The van der Waals surface area contributed by atoms with Crippen molar-refractivity contribution in [1.29, 1.82) is 0 Å². The second-order valence-corrected chi connectivity index (χ2v) is 4.06. The van der Waals surface area contributed by atoms with Crippen LogP contribution in [-0.2, 0) is 9.53 Å². The number of hydrogen-bond donors (Lipinski definition) is 0. The highest BCUT2D eigenvalue weighted by atomic mass is 16.5. The van der Waals surface area contributed by atoms with Crippen LogP contribution in [0.1, 0.15) is 47.5 Å². The second kappa shape index (κ2) is 7.69. The standard InChI is InChI=1S/C12H25NO2/c1-6-10(3)13(12(5)14)8-9-15-11(4)7-2/h10-11H,6-9H2,1-5H3. The normalized spacial score (nSPS) is 14.7. The van der Waals surface area contributed by atoms with E-state index in [1.165, 1.54) is 0 Å². The summed E-state index contributed by atoms with van der Waals surface area (Å²) in [5.41, 5.74) is 0. The molecule has 3 heteroatoms. The monoisotopic (exact) mass is 215 g/mol. The molecule has 15 heavy (non-hydrogen) atoms. The summed E-state index contributed by atoms with van der Waals surface area (Å²) in [4.78, 5) is 13.2. The number of carbonyl (C=O) groups excluding carboxylic acids is 1. The molecule has 0 saturated heterocycles. The third kappa shape index (κ3) is 5.78. The first-order valence-corrected chi connectivity index (χ1v) is 5.91. The number of ether oxygens (including phenoxy) is 1. The second-order valence-electron chi connectivity index (χ2n) is 4.06. The largest absolute Gasteiger partial charge is 0.377 e. The van der Waals surface area contributed by atoms with Gasteiger partial charge < -0.3 is 9.64 Å². The summed E-state index contributed by atoms with van der Waals surface area (Å²) >= 11 is 0. The summed E-state index contributed by atoms with van der Waals surface area (Å²) in [6, 6.07) is 0.308. The molecule has 0 bridgehead atoms. The van der Waals surface area contributed by atoms with Crippen LogP contribution in [-0.4, -0.2) is 36.1 Å². The van der Waals surface area contributed by atoms with E-state index in [9.17, 15) is 4.79 Å². The van der Waals surface area contributed by atoms with Crippen LogP contribution in [0.4, 0.5) is 0 Å². The van der Waals surface area contributed by atoms with E-state index in [2.05, 4.69) is 27.7 Å². The van der Waals surface area contributed by atoms with Crippen LogP contribution in [0.5, 0.6) is 0 Å². The summed E-state index contributed by atoms with van der Waals surface area (Å²) in [6.45, 7) is 11.3. The van der Waals surface area contributed by atoms with Crippen LogP contribution in [0.15, 0.2) is 0 Å². The average Bonchev–Trinajstić information content (AvgIpc) is 2.22. The molecule has 0 saturated carbocycles. The van der Waals surface area contributed by atoms with E-state index in [1.807, 2.05) is 4.90 Å². The molecule has 1 amide bonds. The summed E-state index contributed by atoms with van der Waals surface area (Å²) in [7, 11) is 0.